The number of benzene rings is 1. The summed E-state index contributed by atoms with van der Waals surface area (Å²) in [6.07, 6.45) is 0. The van der Waals surface area contributed by atoms with Crippen LogP contribution >= 0.6 is 31.9 Å². The first-order valence-electron chi connectivity index (χ1n) is 4.40. The predicted molar refractivity (Wildman–Crippen MR) is 64.0 cm³/mol. The molecular formula is C10H9Br2NO2. The normalized spacial score (nSPS) is 17.7. The molecule has 0 bridgehead atoms. The molecule has 1 aromatic carbocycles. The molecule has 0 spiro atoms. The number of carbonyl (C=O) groups is 1. The molecule has 0 aliphatic carbocycles. The fraction of sp³-hybridized carbons (Fsp3) is 0.300. The lowest BCUT2D eigenvalue weighted by Gasteiger charge is -2.33. The molecule has 80 valence electrons. The molecule has 3 nitrogen and oxygen atoms in total. The quantitative estimate of drug-likeness (QED) is 0.791. The van der Waals surface area contributed by atoms with Gasteiger partial charge in [-0.3, -0.25) is 4.79 Å². The summed E-state index contributed by atoms with van der Waals surface area (Å²) < 4.78 is 7.34. The number of rotatable bonds is 0. The molecule has 1 aromatic rings. The Morgan fingerprint density at radius 1 is 1.27 bits per heavy atom. The predicted octanol–water partition coefficient (Wildman–Crippen LogP) is 3.07. The molecule has 0 radical (unpaired) electrons. The number of halogens is 2. The number of fused-ring (bicyclic) bond motifs is 1. The molecule has 0 saturated heterocycles. The molecule has 0 unspecified atom stereocenters. The summed E-state index contributed by atoms with van der Waals surface area (Å²) >= 11 is 6.72. The number of amides is 1. The summed E-state index contributed by atoms with van der Waals surface area (Å²) in [7, 11) is 0. The summed E-state index contributed by atoms with van der Waals surface area (Å²) in [6, 6.07) is 3.53. The highest BCUT2D eigenvalue weighted by atomic mass is 79.9. The van der Waals surface area contributed by atoms with Gasteiger partial charge in [0.15, 0.2) is 5.72 Å². The molecular weight excluding hydrogens is 326 g/mol. The van der Waals surface area contributed by atoms with Gasteiger partial charge in [-0.15, -0.1) is 0 Å². The fourth-order valence-electron chi connectivity index (χ4n) is 1.43. The summed E-state index contributed by atoms with van der Waals surface area (Å²) in [5.41, 5.74) is -0.110. The second-order valence-corrected chi connectivity index (χ2v) is 5.54. The first kappa shape index (κ1) is 11.0. The number of hydrogen-bond donors (Lipinski definition) is 1. The van der Waals surface area contributed by atoms with E-state index in [-0.39, 0.29) is 5.91 Å². The third kappa shape index (κ3) is 2.03. The molecule has 1 N–H and O–H groups in total. The average molecular weight is 335 g/mol. The van der Waals surface area contributed by atoms with Gasteiger partial charge in [0.25, 0.3) is 5.91 Å². The van der Waals surface area contributed by atoms with Crippen LogP contribution in [0.4, 0.5) is 0 Å². The van der Waals surface area contributed by atoms with Crippen molar-refractivity contribution in [1.29, 1.82) is 0 Å². The van der Waals surface area contributed by atoms with Crippen LogP contribution in [0.15, 0.2) is 21.1 Å². The molecule has 0 fully saturated rings. The summed E-state index contributed by atoms with van der Waals surface area (Å²) in [5, 5.41) is 2.76. The van der Waals surface area contributed by atoms with Gasteiger partial charge in [0.05, 0.1) is 5.56 Å². The van der Waals surface area contributed by atoms with Gasteiger partial charge >= 0.3 is 0 Å². The van der Waals surface area contributed by atoms with Crippen LogP contribution in [0.25, 0.3) is 0 Å². The van der Waals surface area contributed by atoms with Crippen molar-refractivity contribution in [1.82, 2.24) is 5.32 Å². The SMILES string of the molecule is CC1(C)NC(=O)c2cc(Br)c(Br)cc2O1. The van der Waals surface area contributed by atoms with Gasteiger partial charge in [-0.1, -0.05) is 0 Å². The summed E-state index contributed by atoms with van der Waals surface area (Å²) in [5.74, 6) is 0.480. The fourth-order valence-corrected chi connectivity index (χ4v) is 2.10. The molecule has 2 rings (SSSR count). The zero-order chi connectivity index (χ0) is 11.2. The van der Waals surface area contributed by atoms with Crippen LogP contribution in [-0.2, 0) is 0 Å². The maximum Gasteiger partial charge on any atom is 0.258 e. The van der Waals surface area contributed by atoms with Crippen molar-refractivity contribution >= 4 is 37.8 Å². The van der Waals surface area contributed by atoms with E-state index >= 15 is 0 Å². The third-order valence-electron chi connectivity index (χ3n) is 2.05. The largest absolute Gasteiger partial charge is 0.468 e. The van der Waals surface area contributed by atoms with E-state index in [1.54, 1.807) is 12.1 Å². The molecule has 1 aliphatic heterocycles. The molecule has 15 heavy (non-hydrogen) atoms. The first-order valence-corrected chi connectivity index (χ1v) is 5.98. The van der Waals surface area contributed by atoms with Gasteiger partial charge < -0.3 is 10.1 Å². The average Bonchev–Trinajstić information content (AvgIpc) is 2.07. The highest BCUT2D eigenvalue weighted by Crippen LogP contribution is 2.34. The minimum atomic E-state index is -0.655. The molecule has 0 aromatic heterocycles. The number of ether oxygens (including phenoxy) is 1. The molecule has 5 heteroatoms. The van der Waals surface area contributed by atoms with Gasteiger partial charge in [-0.05, 0) is 57.8 Å². The molecule has 0 atom stereocenters. The molecule has 1 heterocycles. The van der Waals surface area contributed by atoms with Crippen LogP contribution in [0, 0.1) is 0 Å². The van der Waals surface area contributed by atoms with Crippen molar-refractivity contribution in [2.75, 3.05) is 0 Å². The van der Waals surface area contributed by atoms with E-state index in [4.69, 9.17) is 4.74 Å². The Morgan fingerprint density at radius 3 is 2.53 bits per heavy atom. The maximum absolute atomic E-state index is 11.7. The van der Waals surface area contributed by atoms with Crippen LogP contribution in [0.5, 0.6) is 5.75 Å². The van der Waals surface area contributed by atoms with Crippen LogP contribution in [0.1, 0.15) is 24.2 Å². The van der Waals surface area contributed by atoms with E-state index in [2.05, 4.69) is 37.2 Å². The van der Waals surface area contributed by atoms with E-state index in [0.717, 1.165) is 8.95 Å². The molecule has 0 saturated carbocycles. The van der Waals surface area contributed by atoms with Gasteiger partial charge in [0.2, 0.25) is 0 Å². The smallest absolute Gasteiger partial charge is 0.258 e. The number of carbonyl (C=O) groups excluding carboxylic acids is 1. The zero-order valence-corrected chi connectivity index (χ0v) is 11.4. The van der Waals surface area contributed by atoms with Crippen molar-refractivity contribution in [3.8, 4) is 5.75 Å². The van der Waals surface area contributed by atoms with E-state index in [0.29, 0.717) is 11.3 Å². The highest BCUT2D eigenvalue weighted by molar-refractivity contribution is 9.13. The van der Waals surface area contributed by atoms with Crippen molar-refractivity contribution in [2.45, 2.75) is 19.6 Å². The minimum absolute atomic E-state index is 0.116. The van der Waals surface area contributed by atoms with Crippen molar-refractivity contribution in [3.63, 3.8) is 0 Å². The van der Waals surface area contributed by atoms with Crippen LogP contribution < -0.4 is 10.1 Å². The summed E-state index contributed by atoms with van der Waals surface area (Å²) in [4.78, 5) is 11.7. The Labute approximate surface area is 104 Å². The van der Waals surface area contributed by atoms with Crippen LogP contribution in [0.3, 0.4) is 0 Å². The van der Waals surface area contributed by atoms with E-state index in [9.17, 15) is 4.79 Å². The standard InChI is InChI=1S/C10H9Br2NO2/c1-10(2)13-9(14)5-3-6(11)7(12)4-8(5)15-10/h3-4H,1-2H3,(H,13,14). The lowest BCUT2D eigenvalue weighted by Crippen LogP contribution is -2.51. The molecule has 1 amide bonds. The molecule has 1 aliphatic rings. The first-order chi connectivity index (χ1) is 6.89. The van der Waals surface area contributed by atoms with Gasteiger partial charge in [0, 0.05) is 8.95 Å². The van der Waals surface area contributed by atoms with E-state index in [1.165, 1.54) is 0 Å². The summed E-state index contributed by atoms with van der Waals surface area (Å²) in [6.45, 7) is 3.62. The zero-order valence-electron chi connectivity index (χ0n) is 8.23. The minimum Gasteiger partial charge on any atom is -0.468 e. The number of nitrogens with one attached hydrogen (secondary N) is 1. The lowest BCUT2D eigenvalue weighted by atomic mass is 10.1. The Hall–Kier alpha value is -0.550. The topological polar surface area (TPSA) is 38.3 Å². The van der Waals surface area contributed by atoms with E-state index in [1.807, 2.05) is 13.8 Å². The van der Waals surface area contributed by atoms with Crippen molar-refractivity contribution < 1.29 is 9.53 Å². The van der Waals surface area contributed by atoms with Crippen LogP contribution in [0.2, 0.25) is 0 Å². The Morgan fingerprint density at radius 2 is 1.87 bits per heavy atom. The number of hydrogen-bond acceptors (Lipinski definition) is 2. The Bertz CT molecular complexity index is 443. The highest BCUT2D eigenvalue weighted by Gasteiger charge is 2.31. The Balaban J connectivity index is 2.56. The van der Waals surface area contributed by atoms with Gasteiger partial charge in [0.1, 0.15) is 5.75 Å². The van der Waals surface area contributed by atoms with Crippen molar-refractivity contribution in [2.24, 2.45) is 0 Å². The van der Waals surface area contributed by atoms with E-state index < -0.39 is 5.72 Å². The van der Waals surface area contributed by atoms with Gasteiger partial charge in [-0.2, -0.15) is 0 Å². The lowest BCUT2D eigenvalue weighted by molar-refractivity contribution is 0.0432. The van der Waals surface area contributed by atoms with Gasteiger partial charge in [-0.25, -0.2) is 0 Å². The monoisotopic (exact) mass is 333 g/mol. The Kier molecular flexibility index (Phi) is 2.55. The second-order valence-electron chi connectivity index (χ2n) is 3.83. The third-order valence-corrected chi connectivity index (χ3v) is 3.89. The second kappa shape index (κ2) is 3.49. The van der Waals surface area contributed by atoms with Crippen LogP contribution in [-0.4, -0.2) is 11.6 Å². The maximum atomic E-state index is 11.7. The van der Waals surface area contributed by atoms with Crippen molar-refractivity contribution in [3.05, 3.63) is 26.6 Å².